The van der Waals surface area contributed by atoms with Crippen LogP contribution < -0.4 is 5.32 Å². The van der Waals surface area contributed by atoms with Gasteiger partial charge in [-0.1, -0.05) is 23.2 Å². The Morgan fingerprint density at radius 1 is 1.23 bits per heavy atom. The Balaban J connectivity index is 1.43. The second-order valence-corrected chi connectivity index (χ2v) is 7.84. The van der Waals surface area contributed by atoms with Crippen molar-refractivity contribution in [2.24, 2.45) is 0 Å². The van der Waals surface area contributed by atoms with Gasteiger partial charge in [0.15, 0.2) is 5.76 Å². The lowest BCUT2D eigenvalue weighted by molar-refractivity contribution is -0.119. The van der Waals surface area contributed by atoms with Gasteiger partial charge in [-0.2, -0.15) is 0 Å². The Kier molecular flexibility index (Phi) is 6.51. The number of amides is 2. The maximum Gasteiger partial charge on any atom is 0.289 e. The first kappa shape index (κ1) is 19.1. The van der Waals surface area contributed by atoms with E-state index in [1.54, 1.807) is 35.2 Å². The first-order valence-corrected chi connectivity index (χ1v) is 9.97. The van der Waals surface area contributed by atoms with Gasteiger partial charge in [0.1, 0.15) is 0 Å². The van der Waals surface area contributed by atoms with Crippen LogP contribution in [0.2, 0.25) is 10.0 Å². The van der Waals surface area contributed by atoms with Crippen LogP contribution in [0.25, 0.3) is 0 Å². The summed E-state index contributed by atoms with van der Waals surface area (Å²) in [5.74, 6) is 0.459. The first-order valence-electron chi connectivity index (χ1n) is 8.23. The summed E-state index contributed by atoms with van der Waals surface area (Å²) in [4.78, 5) is 26.9. The van der Waals surface area contributed by atoms with Gasteiger partial charge in [-0.3, -0.25) is 9.59 Å². The van der Waals surface area contributed by atoms with E-state index in [0.717, 1.165) is 17.7 Å². The lowest BCUT2D eigenvalue weighted by atomic mass is 10.0. The topological polar surface area (TPSA) is 62.6 Å². The third-order valence-corrected chi connectivity index (χ3v) is 5.86. The Morgan fingerprint density at radius 2 is 2.00 bits per heavy atom. The standard InChI is InChI=1S/C18H18Cl2N2O3S/c19-12-3-4-14(20)16(10-12)26-11-17(23)21-13-5-7-22(8-6-13)18(24)15-2-1-9-25-15/h1-4,9-10,13H,5-8,11H2,(H,21,23). The largest absolute Gasteiger partial charge is 0.459 e. The molecule has 0 aliphatic carbocycles. The van der Waals surface area contributed by atoms with E-state index < -0.39 is 0 Å². The third-order valence-electron chi connectivity index (χ3n) is 4.13. The molecule has 26 heavy (non-hydrogen) atoms. The fourth-order valence-electron chi connectivity index (χ4n) is 2.78. The highest BCUT2D eigenvalue weighted by molar-refractivity contribution is 8.00. The predicted molar refractivity (Wildman–Crippen MR) is 103 cm³/mol. The number of carbonyl (C=O) groups is 2. The molecule has 1 fully saturated rings. The van der Waals surface area contributed by atoms with Crippen molar-refractivity contribution in [3.8, 4) is 0 Å². The summed E-state index contributed by atoms with van der Waals surface area (Å²) in [6, 6.07) is 8.61. The maximum atomic E-state index is 12.2. The van der Waals surface area contributed by atoms with E-state index in [1.165, 1.54) is 18.0 Å². The number of piperidine rings is 1. The molecule has 2 amide bonds. The van der Waals surface area contributed by atoms with Gasteiger partial charge in [0.25, 0.3) is 5.91 Å². The first-order chi connectivity index (χ1) is 12.5. The molecule has 0 atom stereocenters. The predicted octanol–water partition coefficient (Wildman–Crippen LogP) is 4.10. The van der Waals surface area contributed by atoms with Crippen LogP contribution in [0.15, 0.2) is 45.9 Å². The van der Waals surface area contributed by atoms with Crippen molar-refractivity contribution in [3.05, 3.63) is 52.4 Å². The summed E-state index contributed by atoms with van der Waals surface area (Å²) < 4.78 is 5.15. The molecule has 1 aliphatic heterocycles. The van der Waals surface area contributed by atoms with Gasteiger partial charge in [0.05, 0.1) is 17.0 Å². The minimum absolute atomic E-state index is 0.0538. The number of nitrogens with zero attached hydrogens (tertiary/aromatic N) is 1. The normalized spacial score (nSPS) is 15.1. The van der Waals surface area contributed by atoms with E-state index in [0.29, 0.717) is 28.9 Å². The second kappa shape index (κ2) is 8.84. The molecule has 8 heteroatoms. The SMILES string of the molecule is O=C(CSc1cc(Cl)ccc1Cl)NC1CCN(C(=O)c2ccco2)CC1. The van der Waals surface area contributed by atoms with Crippen molar-refractivity contribution in [3.63, 3.8) is 0 Å². The van der Waals surface area contributed by atoms with Crippen LogP contribution in [-0.4, -0.2) is 41.6 Å². The van der Waals surface area contributed by atoms with Crippen LogP contribution in [0.4, 0.5) is 0 Å². The van der Waals surface area contributed by atoms with Crippen molar-refractivity contribution in [2.45, 2.75) is 23.8 Å². The summed E-state index contributed by atoms with van der Waals surface area (Å²) >= 11 is 13.4. The summed E-state index contributed by atoms with van der Waals surface area (Å²) in [7, 11) is 0. The summed E-state index contributed by atoms with van der Waals surface area (Å²) in [5.41, 5.74) is 0. The molecule has 0 saturated carbocycles. The maximum absolute atomic E-state index is 12.2. The quantitative estimate of drug-likeness (QED) is 0.750. The zero-order chi connectivity index (χ0) is 18.5. The number of likely N-dealkylation sites (tertiary alicyclic amines) is 1. The second-order valence-electron chi connectivity index (χ2n) is 5.97. The van der Waals surface area contributed by atoms with E-state index in [4.69, 9.17) is 27.6 Å². The third kappa shape index (κ3) is 4.96. The number of hydrogen-bond acceptors (Lipinski definition) is 4. The van der Waals surface area contributed by atoms with Crippen LogP contribution in [-0.2, 0) is 4.79 Å². The molecule has 0 spiro atoms. The molecular weight excluding hydrogens is 395 g/mol. The number of thioether (sulfide) groups is 1. The molecule has 1 aromatic heterocycles. The highest BCUT2D eigenvalue weighted by atomic mass is 35.5. The Bertz CT molecular complexity index is 775. The number of benzene rings is 1. The minimum atomic E-state index is -0.106. The van der Waals surface area contributed by atoms with Gasteiger partial charge in [0, 0.05) is 29.0 Å². The van der Waals surface area contributed by atoms with E-state index in [9.17, 15) is 9.59 Å². The zero-order valence-corrected chi connectivity index (χ0v) is 16.2. The van der Waals surface area contributed by atoms with Gasteiger partial charge >= 0.3 is 0 Å². The van der Waals surface area contributed by atoms with Crippen molar-refractivity contribution >= 4 is 46.8 Å². The summed E-state index contributed by atoms with van der Waals surface area (Å²) in [5, 5.41) is 4.19. The average Bonchev–Trinajstić information content (AvgIpc) is 3.17. The van der Waals surface area contributed by atoms with Crippen LogP contribution in [0.5, 0.6) is 0 Å². The van der Waals surface area contributed by atoms with Crippen LogP contribution in [0, 0.1) is 0 Å². The molecule has 0 unspecified atom stereocenters. The molecular formula is C18H18Cl2N2O3S. The Morgan fingerprint density at radius 3 is 2.69 bits per heavy atom. The fraction of sp³-hybridized carbons (Fsp3) is 0.333. The van der Waals surface area contributed by atoms with Crippen molar-refractivity contribution in [1.29, 1.82) is 0 Å². The van der Waals surface area contributed by atoms with E-state index in [2.05, 4.69) is 5.32 Å². The lowest BCUT2D eigenvalue weighted by Crippen LogP contribution is -2.46. The number of nitrogens with one attached hydrogen (secondary N) is 1. The van der Waals surface area contributed by atoms with E-state index in [-0.39, 0.29) is 23.6 Å². The number of halogens is 2. The monoisotopic (exact) mass is 412 g/mol. The van der Waals surface area contributed by atoms with Crippen LogP contribution >= 0.6 is 35.0 Å². The molecule has 2 heterocycles. The van der Waals surface area contributed by atoms with Crippen LogP contribution in [0.3, 0.4) is 0 Å². The van der Waals surface area contributed by atoms with Gasteiger partial charge in [-0.05, 0) is 43.2 Å². The summed E-state index contributed by atoms with van der Waals surface area (Å²) in [6.07, 6.45) is 2.94. The number of hydrogen-bond donors (Lipinski definition) is 1. The van der Waals surface area contributed by atoms with Crippen LogP contribution in [0.1, 0.15) is 23.4 Å². The molecule has 1 N–H and O–H groups in total. The molecule has 3 rings (SSSR count). The minimum Gasteiger partial charge on any atom is -0.459 e. The molecule has 2 aromatic rings. The molecule has 0 bridgehead atoms. The average molecular weight is 413 g/mol. The summed E-state index contributed by atoms with van der Waals surface area (Å²) in [6.45, 7) is 1.19. The lowest BCUT2D eigenvalue weighted by Gasteiger charge is -2.31. The van der Waals surface area contributed by atoms with Gasteiger partial charge < -0.3 is 14.6 Å². The molecule has 0 radical (unpaired) electrons. The molecule has 1 aromatic carbocycles. The molecule has 5 nitrogen and oxygen atoms in total. The molecule has 1 aliphatic rings. The van der Waals surface area contributed by atoms with Crippen molar-refractivity contribution < 1.29 is 14.0 Å². The fourth-order valence-corrected chi connectivity index (χ4v) is 4.09. The Hall–Kier alpha value is -1.63. The van der Waals surface area contributed by atoms with Gasteiger partial charge in [-0.25, -0.2) is 0 Å². The van der Waals surface area contributed by atoms with Gasteiger partial charge in [-0.15, -0.1) is 11.8 Å². The molecule has 1 saturated heterocycles. The highest BCUT2D eigenvalue weighted by Gasteiger charge is 2.25. The smallest absolute Gasteiger partial charge is 0.289 e. The van der Waals surface area contributed by atoms with Gasteiger partial charge in [0.2, 0.25) is 5.91 Å². The highest BCUT2D eigenvalue weighted by Crippen LogP contribution is 2.29. The van der Waals surface area contributed by atoms with E-state index in [1.807, 2.05) is 0 Å². The molecule has 138 valence electrons. The number of furan rings is 1. The number of carbonyl (C=O) groups excluding carboxylic acids is 2. The van der Waals surface area contributed by atoms with Crippen molar-refractivity contribution in [1.82, 2.24) is 10.2 Å². The van der Waals surface area contributed by atoms with E-state index >= 15 is 0 Å². The number of rotatable bonds is 5. The van der Waals surface area contributed by atoms with Crippen molar-refractivity contribution in [2.75, 3.05) is 18.8 Å². The zero-order valence-electron chi connectivity index (χ0n) is 13.9. The Labute approximate surface area is 166 Å².